The first-order chi connectivity index (χ1) is 6.65. The van der Waals surface area contributed by atoms with Crippen LogP contribution in [0.3, 0.4) is 0 Å². The molecule has 1 aromatic rings. The molecule has 0 spiro atoms. The van der Waals surface area contributed by atoms with Crippen LogP contribution in [0.25, 0.3) is 0 Å². The summed E-state index contributed by atoms with van der Waals surface area (Å²) in [5.41, 5.74) is 0.931. The maximum Gasteiger partial charge on any atom is 0.142 e. The second-order valence-electron chi connectivity index (χ2n) is 3.35. The molecule has 14 heavy (non-hydrogen) atoms. The standard InChI is InChI=1S/C11H15ClFN/c1-3-6-14-8(2)9-4-5-10(12)11(13)7-9/h4-5,7-8,14H,3,6H2,1-2H3. The van der Waals surface area contributed by atoms with E-state index in [2.05, 4.69) is 12.2 Å². The molecule has 0 bridgehead atoms. The molecule has 1 atom stereocenters. The summed E-state index contributed by atoms with van der Waals surface area (Å²) in [6.45, 7) is 5.05. The molecule has 1 N–H and O–H groups in total. The van der Waals surface area contributed by atoms with Gasteiger partial charge in [0, 0.05) is 6.04 Å². The molecule has 0 aliphatic rings. The zero-order valence-corrected chi connectivity index (χ0v) is 9.24. The first-order valence-corrected chi connectivity index (χ1v) is 5.21. The summed E-state index contributed by atoms with van der Waals surface area (Å²) >= 11 is 5.59. The lowest BCUT2D eigenvalue weighted by Crippen LogP contribution is -2.19. The zero-order valence-electron chi connectivity index (χ0n) is 8.48. The van der Waals surface area contributed by atoms with Gasteiger partial charge in [-0.2, -0.15) is 0 Å². The number of hydrogen-bond acceptors (Lipinski definition) is 1. The van der Waals surface area contributed by atoms with Gasteiger partial charge in [0.25, 0.3) is 0 Å². The summed E-state index contributed by atoms with van der Waals surface area (Å²) in [6.07, 6.45) is 1.07. The van der Waals surface area contributed by atoms with Crippen LogP contribution < -0.4 is 5.32 Å². The van der Waals surface area contributed by atoms with E-state index in [0.717, 1.165) is 18.5 Å². The zero-order chi connectivity index (χ0) is 10.6. The molecule has 1 rings (SSSR count). The Kier molecular flexibility index (Phi) is 4.36. The lowest BCUT2D eigenvalue weighted by atomic mass is 10.1. The lowest BCUT2D eigenvalue weighted by Gasteiger charge is -2.13. The summed E-state index contributed by atoms with van der Waals surface area (Å²) in [5, 5.41) is 3.46. The molecular formula is C11H15ClFN. The van der Waals surface area contributed by atoms with Crippen LogP contribution in [-0.4, -0.2) is 6.54 Å². The highest BCUT2D eigenvalue weighted by Crippen LogP contribution is 2.19. The molecule has 0 fully saturated rings. The third-order valence-electron chi connectivity index (χ3n) is 2.14. The Morgan fingerprint density at radius 1 is 1.50 bits per heavy atom. The average molecular weight is 216 g/mol. The quantitative estimate of drug-likeness (QED) is 0.810. The van der Waals surface area contributed by atoms with E-state index >= 15 is 0 Å². The number of hydrogen-bond donors (Lipinski definition) is 1. The molecule has 0 radical (unpaired) electrons. The topological polar surface area (TPSA) is 12.0 Å². The molecular weight excluding hydrogens is 201 g/mol. The predicted molar refractivity (Wildman–Crippen MR) is 58.1 cm³/mol. The van der Waals surface area contributed by atoms with Gasteiger partial charge in [0.1, 0.15) is 5.82 Å². The Labute approximate surface area is 89.3 Å². The highest BCUT2D eigenvalue weighted by Gasteiger charge is 2.06. The van der Waals surface area contributed by atoms with E-state index in [1.165, 1.54) is 6.07 Å². The lowest BCUT2D eigenvalue weighted by molar-refractivity contribution is 0.562. The highest BCUT2D eigenvalue weighted by molar-refractivity contribution is 6.30. The van der Waals surface area contributed by atoms with E-state index < -0.39 is 0 Å². The minimum absolute atomic E-state index is 0.168. The fourth-order valence-electron chi connectivity index (χ4n) is 1.26. The van der Waals surface area contributed by atoms with Crippen molar-refractivity contribution in [2.45, 2.75) is 26.3 Å². The summed E-state index contributed by atoms with van der Waals surface area (Å²) in [4.78, 5) is 0. The molecule has 0 aliphatic heterocycles. The minimum atomic E-state index is -0.352. The molecule has 0 heterocycles. The van der Waals surface area contributed by atoms with Crippen molar-refractivity contribution in [3.8, 4) is 0 Å². The fraction of sp³-hybridized carbons (Fsp3) is 0.455. The summed E-state index contributed by atoms with van der Waals surface area (Å²) < 4.78 is 13.1. The fourth-order valence-corrected chi connectivity index (χ4v) is 1.38. The van der Waals surface area contributed by atoms with Gasteiger partial charge in [0.2, 0.25) is 0 Å². The second kappa shape index (κ2) is 5.32. The molecule has 0 saturated heterocycles. The Balaban J connectivity index is 2.70. The van der Waals surface area contributed by atoms with Gasteiger partial charge in [-0.1, -0.05) is 24.6 Å². The van der Waals surface area contributed by atoms with Gasteiger partial charge >= 0.3 is 0 Å². The number of rotatable bonds is 4. The largest absolute Gasteiger partial charge is 0.310 e. The number of halogens is 2. The van der Waals surface area contributed by atoms with Gasteiger partial charge in [-0.3, -0.25) is 0 Å². The summed E-state index contributed by atoms with van der Waals surface area (Å²) in [5.74, 6) is -0.352. The normalized spacial score (nSPS) is 12.9. The monoisotopic (exact) mass is 215 g/mol. The third-order valence-corrected chi connectivity index (χ3v) is 2.45. The Bertz CT molecular complexity index is 301. The van der Waals surface area contributed by atoms with Crippen molar-refractivity contribution in [2.24, 2.45) is 0 Å². The van der Waals surface area contributed by atoms with Crippen LogP contribution in [0, 0.1) is 5.82 Å². The number of nitrogens with one attached hydrogen (secondary N) is 1. The average Bonchev–Trinajstić information content (AvgIpc) is 2.18. The van der Waals surface area contributed by atoms with Gasteiger partial charge in [0.05, 0.1) is 5.02 Å². The Hall–Kier alpha value is -0.600. The molecule has 3 heteroatoms. The van der Waals surface area contributed by atoms with E-state index in [0.29, 0.717) is 0 Å². The van der Waals surface area contributed by atoms with Crippen LogP contribution in [0.1, 0.15) is 31.9 Å². The van der Waals surface area contributed by atoms with Crippen LogP contribution in [0.15, 0.2) is 18.2 Å². The Morgan fingerprint density at radius 3 is 2.79 bits per heavy atom. The predicted octanol–water partition coefficient (Wildman–Crippen LogP) is 3.54. The van der Waals surface area contributed by atoms with Gasteiger partial charge in [-0.25, -0.2) is 4.39 Å². The van der Waals surface area contributed by atoms with Crippen LogP contribution in [0.4, 0.5) is 4.39 Å². The van der Waals surface area contributed by atoms with Gasteiger partial charge in [0.15, 0.2) is 0 Å². The third kappa shape index (κ3) is 2.96. The van der Waals surface area contributed by atoms with Crippen LogP contribution in [0.2, 0.25) is 5.02 Å². The van der Waals surface area contributed by atoms with Gasteiger partial charge in [-0.05, 0) is 37.6 Å². The molecule has 0 amide bonds. The van der Waals surface area contributed by atoms with Crippen LogP contribution >= 0.6 is 11.6 Å². The molecule has 1 unspecified atom stereocenters. The van der Waals surface area contributed by atoms with Crippen molar-refractivity contribution in [2.75, 3.05) is 6.54 Å². The molecule has 1 aromatic carbocycles. The summed E-state index contributed by atoms with van der Waals surface area (Å²) in [7, 11) is 0. The molecule has 78 valence electrons. The first kappa shape index (κ1) is 11.5. The molecule has 0 aromatic heterocycles. The van der Waals surface area contributed by atoms with E-state index in [9.17, 15) is 4.39 Å². The van der Waals surface area contributed by atoms with Crippen molar-refractivity contribution in [1.82, 2.24) is 5.32 Å². The maximum atomic E-state index is 13.1. The van der Waals surface area contributed by atoms with Crippen molar-refractivity contribution in [3.05, 3.63) is 34.6 Å². The maximum absolute atomic E-state index is 13.1. The smallest absolute Gasteiger partial charge is 0.142 e. The molecule has 0 aliphatic carbocycles. The van der Waals surface area contributed by atoms with Crippen LogP contribution in [-0.2, 0) is 0 Å². The Morgan fingerprint density at radius 2 is 2.21 bits per heavy atom. The van der Waals surface area contributed by atoms with E-state index in [4.69, 9.17) is 11.6 Å². The number of benzene rings is 1. The summed E-state index contributed by atoms with van der Waals surface area (Å²) in [6, 6.07) is 5.09. The van der Waals surface area contributed by atoms with E-state index in [1.54, 1.807) is 6.07 Å². The van der Waals surface area contributed by atoms with E-state index in [-0.39, 0.29) is 16.9 Å². The molecule has 1 nitrogen and oxygen atoms in total. The SMILES string of the molecule is CCCNC(C)c1ccc(Cl)c(F)c1. The van der Waals surface area contributed by atoms with Crippen molar-refractivity contribution < 1.29 is 4.39 Å². The van der Waals surface area contributed by atoms with Crippen molar-refractivity contribution in [3.63, 3.8) is 0 Å². The van der Waals surface area contributed by atoms with Gasteiger partial charge in [-0.15, -0.1) is 0 Å². The highest BCUT2D eigenvalue weighted by atomic mass is 35.5. The van der Waals surface area contributed by atoms with E-state index in [1.807, 2.05) is 13.0 Å². The van der Waals surface area contributed by atoms with Gasteiger partial charge < -0.3 is 5.32 Å². The second-order valence-corrected chi connectivity index (χ2v) is 3.76. The van der Waals surface area contributed by atoms with Crippen LogP contribution in [0.5, 0.6) is 0 Å². The molecule has 0 saturated carbocycles. The first-order valence-electron chi connectivity index (χ1n) is 4.83. The van der Waals surface area contributed by atoms with Crippen molar-refractivity contribution in [1.29, 1.82) is 0 Å². The van der Waals surface area contributed by atoms with Crippen molar-refractivity contribution >= 4 is 11.6 Å². The minimum Gasteiger partial charge on any atom is -0.310 e.